The Labute approximate surface area is 78.0 Å². The van der Waals surface area contributed by atoms with Gasteiger partial charge in [0.25, 0.3) is 0 Å². The van der Waals surface area contributed by atoms with Crippen LogP contribution in [0.2, 0.25) is 0 Å². The third-order valence-corrected chi connectivity index (χ3v) is 3.56. The average molecular weight is 188 g/mol. The molecule has 0 bridgehead atoms. The molecule has 2 atom stereocenters. The van der Waals surface area contributed by atoms with E-state index in [9.17, 15) is 4.39 Å². The fourth-order valence-corrected chi connectivity index (χ4v) is 2.93. The summed E-state index contributed by atoms with van der Waals surface area (Å²) in [5, 5.41) is 0. The smallest absolute Gasteiger partial charge is 0.105 e. The molecule has 2 fully saturated rings. The molecule has 2 N–H and O–H groups in total. The number of hydrogen-bond donors (Lipinski definition) is 1. The summed E-state index contributed by atoms with van der Waals surface area (Å²) in [5.74, 6) is 5.13. The Morgan fingerprint density at radius 2 is 2.38 bits per heavy atom. The van der Waals surface area contributed by atoms with E-state index in [1.54, 1.807) is 0 Å². The van der Waals surface area contributed by atoms with Crippen LogP contribution in [0, 0.1) is 0 Å². The minimum Gasteiger partial charge on any atom is -0.303 e. The molecule has 0 spiro atoms. The lowest BCUT2D eigenvalue weighted by molar-refractivity contribution is 0.0205. The first-order valence-corrected chi connectivity index (χ1v) is 4.97. The summed E-state index contributed by atoms with van der Waals surface area (Å²) in [6, 6.07) is 0.123. The molecule has 0 aromatic rings. The Hall–Kier alpha value is -0.190. The van der Waals surface area contributed by atoms with Gasteiger partial charge in [0.2, 0.25) is 0 Å². The van der Waals surface area contributed by atoms with Crippen molar-refractivity contribution in [3.05, 3.63) is 0 Å². The average Bonchev–Trinajstić information content (AvgIpc) is 2.62. The highest BCUT2D eigenvalue weighted by Crippen LogP contribution is 2.42. The molecule has 0 saturated carbocycles. The number of nitrogens with zero attached hydrogens (tertiary/aromatic N) is 1. The summed E-state index contributed by atoms with van der Waals surface area (Å²) in [5.41, 5.74) is 0.0749. The Morgan fingerprint density at radius 1 is 1.54 bits per heavy atom. The van der Waals surface area contributed by atoms with Gasteiger partial charge in [0, 0.05) is 11.6 Å². The van der Waals surface area contributed by atoms with Crippen molar-refractivity contribution in [1.82, 2.24) is 4.90 Å². The quantitative estimate of drug-likeness (QED) is 0.667. The van der Waals surface area contributed by atoms with Crippen molar-refractivity contribution >= 4 is 0 Å². The highest BCUT2D eigenvalue weighted by molar-refractivity contribution is 5.04. The van der Waals surface area contributed by atoms with Gasteiger partial charge in [-0.25, -0.2) is 10.3 Å². The van der Waals surface area contributed by atoms with Crippen molar-refractivity contribution in [2.75, 3.05) is 19.8 Å². The van der Waals surface area contributed by atoms with E-state index in [2.05, 4.69) is 4.90 Å². The molecule has 0 amide bonds. The van der Waals surface area contributed by atoms with Crippen LogP contribution in [-0.2, 0) is 4.84 Å². The maximum Gasteiger partial charge on any atom is 0.105 e. The van der Waals surface area contributed by atoms with Gasteiger partial charge in [-0.15, -0.1) is 0 Å². The molecule has 2 heterocycles. The Morgan fingerprint density at radius 3 is 3.08 bits per heavy atom. The van der Waals surface area contributed by atoms with Gasteiger partial charge >= 0.3 is 0 Å². The van der Waals surface area contributed by atoms with E-state index in [0.29, 0.717) is 6.61 Å². The van der Waals surface area contributed by atoms with E-state index in [1.165, 1.54) is 0 Å². The molecule has 2 aliphatic heterocycles. The SMILES string of the molecule is NOCC12CCCN1C(CF)CC2. The van der Waals surface area contributed by atoms with Crippen LogP contribution in [0.25, 0.3) is 0 Å². The van der Waals surface area contributed by atoms with Crippen LogP contribution in [0.3, 0.4) is 0 Å². The van der Waals surface area contributed by atoms with Crippen molar-refractivity contribution in [3.8, 4) is 0 Å². The van der Waals surface area contributed by atoms with Crippen LogP contribution in [0.4, 0.5) is 4.39 Å². The van der Waals surface area contributed by atoms with Crippen LogP contribution >= 0.6 is 0 Å². The molecule has 0 aromatic carbocycles. The largest absolute Gasteiger partial charge is 0.303 e. The molecular formula is C9H17FN2O. The number of alkyl halides is 1. The molecule has 0 aliphatic carbocycles. The minimum atomic E-state index is -0.230. The lowest BCUT2D eigenvalue weighted by Crippen LogP contribution is -2.46. The summed E-state index contributed by atoms with van der Waals surface area (Å²) < 4.78 is 12.6. The number of rotatable bonds is 3. The van der Waals surface area contributed by atoms with E-state index in [4.69, 9.17) is 10.7 Å². The van der Waals surface area contributed by atoms with Gasteiger partial charge in [-0.2, -0.15) is 0 Å². The molecule has 2 aliphatic rings. The van der Waals surface area contributed by atoms with Crippen molar-refractivity contribution < 1.29 is 9.23 Å². The predicted molar refractivity (Wildman–Crippen MR) is 47.8 cm³/mol. The first-order chi connectivity index (χ1) is 6.32. The van der Waals surface area contributed by atoms with Crippen LogP contribution in [0.1, 0.15) is 25.7 Å². The summed E-state index contributed by atoms with van der Waals surface area (Å²) in [7, 11) is 0. The van der Waals surface area contributed by atoms with Gasteiger partial charge < -0.3 is 4.84 Å². The monoisotopic (exact) mass is 188 g/mol. The maximum absolute atomic E-state index is 12.6. The Kier molecular flexibility index (Phi) is 2.53. The van der Waals surface area contributed by atoms with Crippen molar-refractivity contribution in [3.63, 3.8) is 0 Å². The van der Waals surface area contributed by atoms with Crippen LogP contribution in [0.5, 0.6) is 0 Å². The fourth-order valence-electron chi connectivity index (χ4n) is 2.93. The van der Waals surface area contributed by atoms with E-state index < -0.39 is 0 Å². The van der Waals surface area contributed by atoms with Crippen LogP contribution in [-0.4, -0.2) is 36.3 Å². The topological polar surface area (TPSA) is 38.5 Å². The molecule has 0 aromatic heterocycles. The normalized spacial score (nSPS) is 39.7. The predicted octanol–water partition coefficient (Wildman–Crippen LogP) is 0.843. The maximum atomic E-state index is 12.6. The Bertz CT molecular complexity index is 190. The first-order valence-electron chi connectivity index (χ1n) is 4.97. The fraction of sp³-hybridized carbons (Fsp3) is 1.00. The molecule has 2 rings (SSSR count). The molecule has 0 radical (unpaired) electrons. The lowest BCUT2D eigenvalue weighted by Gasteiger charge is -2.33. The molecular weight excluding hydrogens is 171 g/mol. The molecule has 2 unspecified atom stereocenters. The molecule has 13 heavy (non-hydrogen) atoms. The second kappa shape index (κ2) is 3.52. The highest BCUT2D eigenvalue weighted by Gasteiger charge is 2.49. The van der Waals surface area contributed by atoms with Crippen LogP contribution < -0.4 is 5.90 Å². The van der Waals surface area contributed by atoms with E-state index in [1.807, 2.05) is 0 Å². The summed E-state index contributed by atoms with van der Waals surface area (Å²) >= 11 is 0. The zero-order valence-corrected chi connectivity index (χ0v) is 7.84. The molecule has 76 valence electrons. The molecule has 2 saturated heterocycles. The highest BCUT2D eigenvalue weighted by atomic mass is 19.1. The minimum absolute atomic E-state index is 0.0749. The zero-order chi connectivity index (χ0) is 9.31. The van der Waals surface area contributed by atoms with Crippen molar-refractivity contribution in [2.24, 2.45) is 5.90 Å². The van der Waals surface area contributed by atoms with E-state index >= 15 is 0 Å². The standard InChI is InChI=1S/C9H17FN2O/c10-6-8-2-4-9(7-13-11)3-1-5-12(8)9/h8H,1-7,11H2. The van der Waals surface area contributed by atoms with Gasteiger partial charge in [-0.1, -0.05) is 0 Å². The van der Waals surface area contributed by atoms with Crippen molar-refractivity contribution in [2.45, 2.75) is 37.3 Å². The van der Waals surface area contributed by atoms with Gasteiger partial charge in [0.05, 0.1) is 6.61 Å². The van der Waals surface area contributed by atoms with Crippen LogP contribution in [0.15, 0.2) is 0 Å². The number of halogens is 1. The molecule has 3 nitrogen and oxygen atoms in total. The second-order valence-electron chi connectivity index (χ2n) is 4.18. The third kappa shape index (κ3) is 1.37. The number of fused-ring (bicyclic) bond motifs is 1. The summed E-state index contributed by atoms with van der Waals surface area (Å²) in [6.07, 6.45) is 4.26. The molecule has 4 heteroatoms. The van der Waals surface area contributed by atoms with Crippen molar-refractivity contribution in [1.29, 1.82) is 0 Å². The third-order valence-electron chi connectivity index (χ3n) is 3.56. The second-order valence-corrected chi connectivity index (χ2v) is 4.18. The van der Waals surface area contributed by atoms with Gasteiger partial charge in [-0.05, 0) is 32.2 Å². The summed E-state index contributed by atoms with van der Waals surface area (Å²) in [6.45, 7) is 1.34. The Balaban J connectivity index is 2.09. The first kappa shape index (κ1) is 9.37. The van der Waals surface area contributed by atoms with E-state index in [-0.39, 0.29) is 18.3 Å². The van der Waals surface area contributed by atoms with Gasteiger partial charge in [0.1, 0.15) is 6.67 Å². The zero-order valence-electron chi connectivity index (χ0n) is 7.84. The van der Waals surface area contributed by atoms with E-state index in [0.717, 1.165) is 32.2 Å². The summed E-state index contributed by atoms with van der Waals surface area (Å²) in [4.78, 5) is 7.02. The number of hydrogen-bond acceptors (Lipinski definition) is 3. The van der Waals surface area contributed by atoms with Gasteiger partial charge in [0.15, 0.2) is 0 Å². The number of nitrogens with two attached hydrogens (primary N) is 1. The van der Waals surface area contributed by atoms with Gasteiger partial charge in [-0.3, -0.25) is 4.90 Å². The lowest BCUT2D eigenvalue weighted by atomic mass is 9.95.